The average Bonchev–Trinajstić information content (AvgIpc) is 2.77. The molecular weight excluding hydrogens is 360 g/mol. The number of rotatable bonds is 5. The number of aryl methyl sites for hydroxylation is 1. The lowest BCUT2D eigenvalue weighted by molar-refractivity contribution is 0.0993. The van der Waals surface area contributed by atoms with Crippen molar-refractivity contribution in [2.45, 2.75) is 13.5 Å². The first-order valence-electron chi connectivity index (χ1n) is 9.49. The van der Waals surface area contributed by atoms with Gasteiger partial charge < -0.3 is 10.2 Å². The average molecular weight is 382 g/mol. The Morgan fingerprint density at radius 2 is 1.72 bits per heavy atom. The minimum absolute atomic E-state index is 0.0583. The van der Waals surface area contributed by atoms with Gasteiger partial charge in [-0.25, -0.2) is 0 Å². The van der Waals surface area contributed by atoms with Crippen LogP contribution in [0.15, 0.2) is 79.1 Å². The molecule has 2 heterocycles. The monoisotopic (exact) mass is 382 g/mol. The lowest BCUT2D eigenvalue weighted by atomic mass is 10.1. The topological polar surface area (TPSA) is 58.1 Å². The lowest BCUT2D eigenvalue weighted by Gasteiger charge is -2.18. The van der Waals surface area contributed by atoms with Crippen LogP contribution in [0, 0.1) is 6.92 Å². The number of nitrogens with one attached hydrogen (secondary N) is 1. The minimum Gasteiger partial charge on any atom is -0.380 e. The smallest absolute Gasteiger partial charge is 0.258 e. The predicted molar refractivity (Wildman–Crippen MR) is 117 cm³/mol. The molecule has 1 N–H and O–H groups in total. The Labute approximate surface area is 170 Å². The van der Waals surface area contributed by atoms with Crippen LogP contribution in [0.4, 0.5) is 11.4 Å². The van der Waals surface area contributed by atoms with E-state index in [-0.39, 0.29) is 5.91 Å². The molecule has 4 rings (SSSR count). The summed E-state index contributed by atoms with van der Waals surface area (Å²) in [5, 5.41) is 4.62. The van der Waals surface area contributed by atoms with Gasteiger partial charge in [0.15, 0.2) is 0 Å². The fourth-order valence-electron chi connectivity index (χ4n) is 3.29. The molecule has 0 fully saturated rings. The Morgan fingerprint density at radius 1 is 1.00 bits per heavy atom. The van der Waals surface area contributed by atoms with Gasteiger partial charge in [0.25, 0.3) is 5.91 Å². The van der Waals surface area contributed by atoms with E-state index < -0.39 is 0 Å². The molecule has 0 bridgehead atoms. The number of hydrogen-bond acceptors (Lipinski definition) is 4. The number of nitrogens with zero attached hydrogens (tertiary/aromatic N) is 3. The summed E-state index contributed by atoms with van der Waals surface area (Å²) in [7, 11) is 1.78. The molecule has 0 aliphatic heterocycles. The Balaban J connectivity index is 1.47. The summed E-state index contributed by atoms with van der Waals surface area (Å²) in [5.74, 6) is -0.0583. The fraction of sp³-hybridized carbons (Fsp3) is 0.125. The first-order chi connectivity index (χ1) is 14.1. The Bertz CT molecular complexity index is 1140. The van der Waals surface area contributed by atoms with Crippen molar-refractivity contribution in [1.29, 1.82) is 0 Å². The standard InChI is InChI=1S/C24H22N4O/c1-17-15-23(21-5-3-4-6-22(21)27-17)26-16-18-7-9-20(10-8-18)28(2)24(29)19-11-13-25-14-12-19/h3-15H,16H2,1-2H3,(H,26,27). The van der Waals surface area contributed by atoms with Gasteiger partial charge in [0.1, 0.15) is 0 Å². The maximum atomic E-state index is 12.6. The van der Waals surface area contributed by atoms with Crippen LogP contribution in [0.1, 0.15) is 21.6 Å². The maximum absolute atomic E-state index is 12.6. The quantitative estimate of drug-likeness (QED) is 0.537. The molecule has 0 atom stereocenters. The minimum atomic E-state index is -0.0583. The molecule has 2 aromatic heterocycles. The lowest BCUT2D eigenvalue weighted by Crippen LogP contribution is -2.26. The van der Waals surface area contributed by atoms with E-state index in [1.54, 1.807) is 36.5 Å². The van der Waals surface area contributed by atoms with Gasteiger partial charge in [-0.1, -0.05) is 30.3 Å². The van der Waals surface area contributed by atoms with Gasteiger partial charge in [-0.05, 0) is 48.9 Å². The molecule has 0 unspecified atom stereocenters. The third-order valence-corrected chi connectivity index (χ3v) is 4.88. The zero-order valence-corrected chi connectivity index (χ0v) is 16.5. The number of hydrogen-bond donors (Lipinski definition) is 1. The van der Waals surface area contributed by atoms with Crippen molar-refractivity contribution >= 4 is 28.2 Å². The van der Waals surface area contributed by atoms with Crippen LogP contribution in [0.2, 0.25) is 0 Å². The van der Waals surface area contributed by atoms with E-state index in [1.165, 1.54) is 0 Å². The van der Waals surface area contributed by atoms with Crippen molar-refractivity contribution in [1.82, 2.24) is 9.97 Å². The van der Waals surface area contributed by atoms with E-state index in [0.717, 1.165) is 33.5 Å². The molecule has 0 spiro atoms. The normalized spacial score (nSPS) is 10.7. The molecule has 29 heavy (non-hydrogen) atoms. The van der Waals surface area contributed by atoms with E-state index in [1.807, 2.05) is 49.4 Å². The van der Waals surface area contributed by atoms with Crippen LogP contribution >= 0.6 is 0 Å². The number of benzene rings is 2. The summed E-state index contributed by atoms with van der Waals surface area (Å²) in [6.45, 7) is 2.69. The van der Waals surface area contributed by atoms with Crippen LogP contribution in [0.3, 0.4) is 0 Å². The number of carbonyl (C=O) groups is 1. The fourth-order valence-corrected chi connectivity index (χ4v) is 3.29. The highest BCUT2D eigenvalue weighted by atomic mass is 16.2. The second-order valence-corrected chi connectivity index (χ2v) is 6.95. The SMILES string of the molecule is Cc1cc(NCc2ccc(N(C)C(=O)c3ccncc3)cc2)c2ccccc2n1. The molecular formula is C24H22N4O. The van der Waals surface area contributed by atoms with Crippen molar-refractivity contribution < 1.29 is 4.79 Å². The van der Waals surface area contributed by atoms with Gasteiger partial charge in [0.2, 0.25) is 0 Å². The van der Waals surface area contributed by atoms with Gasteiger partial charge in [0.05, 0.1) is 5.52 Å². The molecule has 0 saturated heterocycles. The summed E-state index contributed by atoms with van der Waals surface area (Å²) in [5.41, 5.74) is 5.65. The molecule has 0 aliphatic carbocycles. The summed E-state index contributed by atoms with van der Waals surface area (Å²) in [4.78, 5) is 22.8. The van der Waals surface area contributed by atoms with E-state index >= 15 is 0 Å². The number of anilines is 2. The Morgan fingerprint density at radius 3 is 2.48 bits per heavy atom. The van der Waals surface area contributed by atoms with E-state index in [2.05, 4.69) is 27.4 Å². The number of pyridine rings is 2. The molecule has 5 nitrogen and oxygen atoms in total. The predicted octanol–water partition coefficient (Wildman–Crippen LogP) is 4.83. The van der Waals surface area contributed by atoms with Gasteiger partial charge >= 0.3 is 0 Å². The van der Waals surface area contributed by atoms with E-state index in [9.17, 15) is 4.79 Å². The zero-order chi connectivity index (χ0) is 20.2. The zero-order valence-electron chi connectivity index (χ0n) is 16.5. The number of fused-ring (bicyclic) bond motifs is 1. The van der Waals surface area contributed by atoms with Crippen LogP contribution in [-0.2, 0) is 6.54 Å². The highest BCUT2D eigenvalue weighted by Gasteiger charge is 2.13. The summed E-state index contributed by atoms with van der Waals surface area (Å²) in [6, 6.07) is 21.6. The first kappa shape index (κ1) is 18.6. The highest BCUT2D eigenvalue weighted by Crippen LogP contribution is 2.24. The summed E-state index contributed by atoms with van der Waals surface area (Å²) < 4.78 is 0. The summed E-state index contributed by atoms with van der Waals surface area (Å²) >= 11 is 0. The molecule has 144 valence electrons. The molecule has 2 aromatic carbocycles. The highest BCUT2D eigenvalue weighted by molar-refractivity contribution is 6.05. The molecule has 0 saturated carbocycles. The van der Waals surface area contributed by atoms with Gasteiger partial charge in [-0.3, -0.25) is 14.8 Å². The molecule has 0 aliphatic rings. The number of carbonyl (C=O) groups excluding carboxylic acids is 1. The van der Waals surface area contributed by atoms with E-state index in [4.69, 9.17) is 0 Å². The second kappa shape index (κ2) is 8.10. The Hall–Kier alpha value is -3.73. The number of aromatic nitrogens is 2. The van der Waals surface area contributed by atoms with Crippen molar-refractivity contribution in [2.24, 2.45) is 0 Å². The second-order valence-electron chi connectivity index (χ2n) is 6.95. The number of amides is 1. The third-order valence-electron chi connectivity index (χ3n) is 4.88. The summed E-state index contributed by atoms with van der Waals surface area (Å²) in [6.07, 6.45) is 3.25. The van der Waals surface area contributed by atoms with Gasteiger partial charge in [-0.15, -0.1) is 0 Å². The van der Waals surface area contributed by atoms with Crippen molar-refractivity contribution in [2.75, 3.05) is 17.3 Å². The third kappa shape index (κ3) is 4.09. The molecule has 5 heteroatoms. The van der Waals surface area contributed by atoms with Crippen LogP contribution in [0.5, 0.6) is 0 Å². The van der Waals surface area contributed by atoms with Crippen molar-refractivity contribution in [3.05, 3.63) is 95.9 Å². The van der Waals surface area contributed by atoms with Crippen LogP contribution in [0.25, 0.3) is 10.9 Å². The van der Waals surface area contributed by atoms with Gasteiger partial charge in [-0.2, -0.15) is 0 Å². The molecule has 1 amide bonds. The van der Waals surface area contributed by atoms with Crippen molar-refractivity contribution in [3.63, 3.8) is 0 Å². The van der Waals surface area contributed by atoms with Crippen LogP contribution < -0.4 is 10.2 Å². The Kier molecular flexibility index (Phi) is 5.20. The van der Waals surface area contributed by atoms with Gasteiger partial charge in [0, 0.05) is 54.0 Å². The number of para-hydroxylation sites is 1. The largest absolute Gasteiger partial charge is 0.380 e. The molecule has 4 aromatic rings. The van der Waals surface area contributed by atoms with Crippen LogP contribution in [-0.4, -0.2) is 22.9 Å². The van der Waals surface area contributed by atoms with E-state index in [0.29, 0.717) is 12.1 Å². The van der Waals surface area contributed by atoms with Crippen molar-refractivity contribution in [3.8, 4) is 0 Å². The first-order valence-corrected chi connectivity index (χ1v) is 9.49. The molecule has 0 radical (unpaired) electrons. The maximum Gasteiger partial charge on any atom is 0.258 e.